The first-order valence-electron chi connectivity index (χ1n) is 10.7. The Labute approximate surface area is 186 Å². The highest BCUT2D eigenvalue weighted by Gasteiger charge is 2.33. The molecule has 1 aromatic heterocycles. The average Bonchev–Trinajstić information content (AvgIpc) is 3.40. The molecule has 0 radical (unpaired) electrons. The maximum atomic E-state index is 12.5. The van der Waals surface area contributed by atoms with E-state index >= 15 is 0 Å². The minimum absolute atomic E-state index is 0.0567. The zero-order valence-electron chi connectivity index (χ0n) is 18.2. The van der Waals surface area contributed by atoms with Crippen molar-refractivity contribution >= 4 is 11.8 Å². The van der Waals surface area contributed by atoms with Crippen LogP contribution < -0.4 is 10.1 Å². The molecule has 32 heavy (non-hydrogen) atoms. The van der Waals surface area contributed by atoms with E-state index < -0.39 is 0 Å². The zero-order chi connectivity index (χ0) is 22.5. The molecule has 0 saturated carbocycles. The van der Waals surface area contributed by atoms with Crippen molar-refractivity contribution in [1.82, 2.24) is 20.4 Å². The number of carbonyl (C=O) groups is 2. The number of aromatic nitrogens is 2. The fourth-order valence-corrected chi connectivity index (χ4v) is 3.62. The second-order valence-electron chi connectivity index (χ2n) is 8.08. The van der Waals surface area contributed by atoms with E-state index in [4.69, 9.17) is 9.26 Å². The number of hydrogen-bond acceptors (Lipinski definition) is 6. The molecule has 1 aliphatic rings. The second kappa shape index (κ2) is 9.64. The summed E-state index contributed by atoms with van der Waals surface area (Å²) in [4.78, 5) is 30.9. The van der Waals surface area contributed by atoms with Gasteiger partial charge in [0.25, 0.3) is 5.91 Å². The van der Waals surface area contributed by atoms with Gasteiger partial charge in [0.05, 0.1) is 12.6 Å². The highest BCUT2D eigenvalue weighted by atomic mass is 16.5. The molecule has 166 valence electrons. The number of hydrogen-bond donors (Lipinski definition) is 1. The minimum atomic E-state index is -0.211. The molecule has 1 unspecified atom stereocenters. The van der Waals surface area contributed by atoms with Gasteiger partial charge in [-0.05, 0) is 43.7 Å². The molecule has 3 aromatic rings. The van der Waals surface area contributed by atoms with Crippen molar-refractivity contribution in [3.05, 3.63) is 77.4 Å². The van der Waals surface area contributed by atoms with Crippen LogP contribution in [0.3, 0.4) is 0 Å². The predicted molar refractivity (Wildman–Crippen MR) is 117 cm³/mol. The van der Waals surface area contributed by atoms with Gasteiger partial charge in [-0.1, -0.05) is 35.5 Å². The zero-order valence-corrected chi connectivity index (χ0v) is 18.2. The topological polar surface area (TPSA) is 97.6 Å². The lowest BCUT2D eigenvalue weighted by Crippen LogP contribution is -2.24. The van der Waals surface area contributed by atoms with Gasteiger partial charge in [-0.15, -0.1) is 0 Å². The largest absolute Gasteiger partial charge is 0.491 e. The number of amides is 2. The first-order valence-corrected chi connectivity index (χ1v) is 10.7. The van der Waals surface area contributed by atoms with Crippen molar-refractivity contribution in [2.24, 2.45) is 0 Å². The van der Waals surface area contributed by atoms with E-state index in [2.05, 4.69) is 15.5 Å². The quantitative estimate of drug-likeness (QED) is 0.584. The number of likely N-dealkylation sites (tertiary alicyclic amines) is 1. The maximum Gasteiger partial charge on any atom is 0.251 e. The van der Waals surface area contributed by atoms with Crippen molar-refractivity contribution in [3.63, 3.8) is 0 Å². The SMILES string of the molecule is CC(C)Oc1ccc(CN2CC(c3noc(CNC(=O)c4ccccc4)n3)CC2=O)cc1. The number of benzene rings is 2. The Bertz CT molecular complexity index is 1060. The third-order valence-corrected chi connectivity index (χ3v) is 5.17. The standard InChI is InChI=1S/C24H26N4O4/c1-16(2)31-20-10-8-17(9-11-20)14-28-15-19(12-22(28)29)23-26-21(32-27-23)13-25-24(30)18-6-4-3-5-7-18/h3-11,16,19H,12-15H2,1-2H3,(H,25,30). The van der Waals surface area contributed by atoms with Crippen molar-refractivity contribution in [2.75, 3.05) is 6.54 Å². The molecule has 2 heterocycles. The first-order chi connectivity index (χ1) is 15.5. The van der Waals surface area contributed by atoms with Crippen molar-refractivity contribution < 1.29 is 18.8 Å². The van der Waals surface area contributed by atoms with Gasteiger partial charge in [-0.3, -0.25) is 9.59 Å². The van der Waals surface area contributed by atoms with E-state index in [9.17, 15) is 9.59 Å². The number of nitrogens with zero attached hydrogens (tertiary/aromatic N) is 3. The predicted octanol–water partition coefficient (Wildman–Crippen LogP) is 3.30. The summed E-state index contributed by atoms with van der Waals surface area (Å²) in [6.45, 7) is 5.15. The van der Waals surface area contributed by atoms with Gasteiger partial charge in [0, 0.05) is 31.0 Å². The number of nitrogens with one attached hydrogen (secondary N) is 1. The Morgan fingerprint density at radius 1 is 1.19 bits per heavy atom. The number of carbonyl (C=O) groups excluding carboxylic acids is 2. The van der Waals surface area contributed by atoms with Crippen LogP contribution in [0.25, 0.3) is 0 Å². The highest BCUT2D eigenvalue weighted by molar-refractivity contribution is 5.93. The Kier molecular flexibility index (Phi) is 6.49. The smallest absolute Gasteiger partial charge is 0.251 e. The average molecular weight is 434 g/mol. The lowest BCUT2D eigenvalue weighted by molar-refractivity contribution is -0.128. The molecule has 2 aromatic carbocycles. The van der Waals surface area contributed by atoms with Crippen LogP contribution in [-0.2, 0) is 17.9 Å². The summed E-state index contributed by atoms with van der Waals surface area (Å²) >= 11 is 0. The molecule has 0 aliphatic carbocycles. The van der Waals surface area contributed by atoms with Gasteiger partial charge in [0.15, 0.2) is 5.82 Å². The Hall–Kier alpha value is -3.68. The molecule has 0 bridgehead atoms. The van der Waals surface area contributed by atoms with Gasteiger partial charge in [0.1, 0.15) is 5.75 Å². The van der Waals surface area contributed by atoms with E-state index in [-0.39, 0.29) is 30.4 Å². The van der Waals surface area contributed by atoms with Crippen molar-refractivity contribution in [3.8, 4) is 5.75 Å². The fourth-order valence-electron chi connectivity index (χ4n) is 3.62. The summed E-state index contributed by atoms with van der Waals surface area (Å²) in [7, 11) is 0. The minimum Gasteiger partial charge on any atom is -0.491 e. The van der Waals surface area contributed by atoms with Gasteiger partial charge in [-0.2, -0.15) is 4.98 Å². The molecule has 2 amide bonds. The van der Waals surface area contributed by atoms with E-state index in [1.54, 1.807) is 29.2 Å². The fraction of sp³-hybridized carbons (Fsp3) is 0.333. The van der Waals surface area contributed by atoms with Gasteiger partial charge in [0.2, 0.25) is 11.8 Å². The summed E-state index contributed by atoms with van der Waals surface area (Å²) in [6, 6.07) is 16.7. The molecule has 8 nitrogen and oxygen atoms in total. The molecule has 1 fully saturated rings. The van der Waals surface area contributed by atoms with Crippen LogP contribution in [0.2, 0.25) is 0 Å². The van der Waals surface area contributed by atoms with Crippen LogP contribution in [0, 0.1) is 0 Å². The Morgan fingerprint density at radius 3 is 2.66 bits per heavy atom. The molecular formula is C24H26N4O4. The van der Waals surface area contributed by atoms with E-state index in [0.717, 1.165) is 11.3 Å². The molecule has 1 saturated heterocycles. The second-order valence-corrected chi connectivity index (χ2v) is 8.08. The van der Waals surface area contributed by atoms with Gasteiger partial charge in [-0.25, -0.2) is 0 Å². The summed E-state index contributed by atoms with van der Waals surface area (Å²) in [5.74, 6) is 1.33. The van der Waals surface area contributed by atoms with Crippen LogP contribution in [0.5, 0.6) is 5.75 Å². The summed E-state index contributed by atoms with van der Waals surface area (Å²) in [6.07, 6.45) is 0.456. The molecular weight excluding hydrogens is 408 g/mol. The maximum absolute atomic E-state index is 12.5. The molecule has 8 heteroatoms. The van der Waals surface area contributed by atoms with Crippen molar-refractivity contribution in [1.29, 1.82) is 0 Å². The first kappa shape index (κ1) is 21.5. The molecule has 1 aliphatic heterocycles. The van der Waals surface area contributed by atoms with E-state index in [1.807, 2.05) is 44.2 Å². The summed E-state index contributed by atoms with van der Waals surface area (Å²) < 4.78 is 10.9. The van der Waals surface area contributed by atoms with Crippen LogP contribution in [0.4, 0.5) is 0 Å². The highest BCUT2D eigenvalue weighted by Crippen LogP contribution is 2.28. The van der Waals surface area contributed by atoms with Crippen LogP contribution in [0.15, 0.2) is 59.1 Å². The molecule has 0 spiro atoms. The lowest BCUT2D eigenvalue weighted by atomic mass is 10.1. The monoisotopic (exact) mass is 434 g/mol. The van der Waals surface area contributed by atoms with E-state index in [0.29, 0.717) is 36.8 Å². The van der Waals surface area contributed by atoms with E-state index in [1.165, 1.54) is 0 Å². The summed E-state index contributed by atoms with van der Waals surface area (Å²) in [5.41, 5.74) is 1.60. The Morgan fingerprint density at radius 2 is 1.94 bits per heavy atom. The summed E-state index contributed by atoms with van der Waals surface area (Å²) in [5, 5.41) is 6.79. The number of rotatable bonds is 8. The lowest BCUT2D eigenvalue weighted by Gasteiger charge is -2.17. The van der Waals surface area contributed by atoms with Crippen molar-refractivity contribution in [2.45, 2.75) is 45.4 Å². The molecule has 4 rings (SSSR count). The van der Waals surface area contributed by atoms with Gasteiger partial charge >= 0.3 is 0 Å². The van der Waals surface area contributed by atoms with Crippen LogP contribution in [0.1, 0.15) is 53.8 Å². The van der Waals surface area contributed by atoms with Crippen LogP contribution >= 0.6 is 0 Å². The molecule has 1 atom stereocenters. The van der Waals surface area contributed by atoms with Crippen LogP contribution in [-0.4, -0.2) is 39.5 Å². The Balaban J connectivity index is 1.31. The van der Waals surface area contributed by atoms with Gasteiger partial charge < -0.3 is 19.5 Å². The number of ether oxygens (including phenoxy) is 1. The normalized spacial score (nSPS) is 15.9. The third-order valence-electron chi connectivity index (χ3n) is 5.17. The third kappa shape index (κ3) is 5.32. The molecule has 1 N–H and O–H groups in total.